The summed E-state index contributed by atoms with van der Waals surface area (Å²) in [6.45, 7) is 1.11. The number of aryl methyl sites for hydroxylation is 1. The molecule has 0 unspecified atom stereocenters. The van der Waals surface area contributed by atoms with Crippen molar-refractivity contribution in [2.75, 3.05) is 11.9 Å². The number of carbonyl (C=O) groups is 2. The van der Waals surface area contributed by atoms with Gasteiger partial charge in [-0.3, -0.25) is 4.79 Å². The van der Waals surface area contributed by atoms with Gasteiger partial charge < -0.3 is 19.3 Å². The number of esters is 1. The second-order valence-corrected chi connectivity index (χ2v) is 4.93. The van der Waals surface area contributed by atoms with E-state index in [9.17, 15) is 22.8 Å². The minimum atomic E-state index is -4.77. The van der Waals surface area contributed by atoms with Crippen LogP contribution < -0.4 is 10.1 Å². The van der Waals surface area contributed by atoms with Crippen molar-refractivity contribution in [3.63, 3.8) is 0 Å². The van der Waals surface area contributed by atoms with E-state index in [1.165, 1.54) is 24.3 Å². The lowest BCUT2D eigenvalue weighted by Crippen LogP contribution is -2.20. The zero-order chi connectivity index (χ0) is 19.2. The predicted molar refractivity (Wildman–Crippen MR) is 83.0 cm³/mol. The summed E-state index contributed by atoms with van der Waals surface area (Å²) in [7, 11) is 0. The fourth-order valence-corrected chi connectivity index (χ4v) is 1.73. The molecule has 0 aliphatic heterocycles. The van der Waals surface area contributed by atoms with Gasteiger partial charge in [0.2, 0.25) is 0 Å². The normalized spacial score (nSPS) is 11.4. The zero-order valence-corrected chi connectivity index (χ0v) is 13.4. The SMILES string of the molecule is Cc1cc(NC(=O)COC(=O)/C=C/c2ccc(OC(F)(F)F)cc2)no1. The second-order valence-electron chi connectivity index (χ2n) is 4.93. The van der Waals surface area contributed by atoms with Crippen LogP contribution in [-0.2, 0) is 14.3 Å². The summed E-state index contributed by atoms with van der Waals surface area (Å²) in [5.74, 6) is -1.08. The largest absolute Gasteiger partial charge is 0.573 e. The number of amides is 1. The van der Waals surface area contributed by atoms with E-state index in [1.807, 2.05) is 0 Å². The fourth-order valence-electron chi connectivity index (χ4n) is 1.73. The van der Waals surface area contributed by atoms with Gasteiger partial charge in [0.05, 0.1) is 0 Å². The lowest BCUT2D eigenvalue weighted by Gasteiger charge is -2.08. The summed E-state index contributed by atoms with van der Waals surface area (Å²) in [4.78, 5) is 23.1. The third-order valence-electron chi connectivity index (χ3n) is 2.77. The second kappa shape index (κ2) is 8.19. The molecule has 2 rings (SSSR count). The Bertz CT molecular complexity index is 797. The van der Waals surface area contributed by atoms with E-state index in [-0.39, 0.29) is 11.6 Å². The maximum atomic E-state index is 12.0. The molecule has 1 amide bonds. The lowest BCUT2D eigenvalue weighted by atomic mass is 10.2. The number of hydrogen-bond donors (Lipinski definition) is 1. The van der Waals surface area contributed by atoms with Crippen molar-refractivity contribution in [3.05, 3.63) is 47.7 Å². The van der Waals surface area contributed by atoms with Gasteiger partial charge >= 0.3 is 12.3 Å². The first-order valence-electron chi connectivity index (χ1n) is 7.15. The van der Waals surface area contributed by atoms with Crippen LogP contribution in [0.3, 0.4) is 0 Å². The van der Waals surface area contributed by atoms with E-state index in [4.69, 9.17) is 9.26 Å². The van der Waals surface area contributed by atoms with E-state index >= 15 is 0 Å². The summed E-state index contributed by atoms with van der Waals surface area (Å²) in [5, 5.41) is 5.91. The lowest BCUT2D eigenvalue weighted by molar-refractivity contribution is -0.274. The number of anilines is 1. The smallest absolute Gasteiger partial charge is 0.452 e. The third kappa shape index (κ3) is 6.67. The molecular formula is C16H13F3N2O5. The molecule has 1 N–H and O–H groups in total. The molecule has 7 nitrogen and oxygen atoms in total. The van der Waals surface area contributed by atoms with Gasteiger partial charge in [-0.25, -0.2) is 4.79 Å². The van der Waals surface area contributed by atoms with Crippen molar-refractivity contribution < 1.29 is 36.8 Å². The van der Waals surface area contributed by atoms with Crippen molar-refractivity contribution in [3.8, 4) is 5.75 Å². The van der Waals surface area contributed by atoms with Crippen LogP contribution in [0, 0.1) is 6.92 Å². The minimum Gasteiger partial charge on any atom is -0.452 e. The van der Waals surface area contributed by atoms with Gasteiger partial charge in [-0.1, -0.05) is 17.3 Å². The van der Waals surface area contributed by atoms with Gasteiger partial charge in [-0.15, -0.1) is 13.2 Å². The standard InChI is InChI=1S/C16H13F3N2O5/c1-10-8-13(21-26-10)20-14(22)9-24-15(23)7-4-11-2-5-12(6-3-11)25-16(17,18)19/h2-8H,9H2,1H3,(H,20,21,22)/b7-4+. The molecule has 138 valence electrons. The minimum absolute atomic E-state index is 0.195. The number of rotatable bonds is 6. The summed E-state index contributed by atoms with van der Waals surface area (Å²) in [5.41, 5.74) is 0.444. The van der Waals surface area contributed by atoms with Crippen molar-refractivity contribution in [1.29, 1.82) is 0 Å². The molecule has 26 heavy (non-hydrogen) atoms. The van der Waals surface area contributed by atoms with Crippen LogP contribution >= 0.6 is 0 Å². The Labute approximate surface area is 145 Å². The van der Waals surface area contributed by atoms with Gasteiger partial charge in [0.15, 0.2) is 12.4 Å². The maximum absolute atomic E-state index is 12.0. The van der Waals surface area contributed by atoms with Crippen LogP contribution in [0.25, 0.3) is 6.08 Å². The van der Waals surface area contributed by atoms with Crippen LogP contribution in [0.2, 0.25) is 0 Å². The van der Waals surface area contributed by atoms with Crippen LogP contribution in [0.1, 0.15) is 11.3 Å². The maximum Gasteiger partial charge on any atom is 0.573 e. The number of alkyl halides is 3. The molecule has 10 heteroatoms. The number of hydrogen-bond acceptors (Lipinski definition) is 6. The quantitative estimate of drug-likeness (QED) is 0.621. The van der Waals surface area contributed by atoms with Gasteiger partial charge in [-0.05, 0) is 30.7 Å². The molecule has 1 aromatic carbocycles. The molecule has 0 fully saturated rings. The fraction of sp³-hybridized carbons (Fsp3) is 0.188. The Kier molecular flexibility index (Phi) is 5.99. The van der Waals surface area contributed by atoms with Gasteiger partial charge in [0.25, 0.3) is 5.91 Å². The van der Waals surface area contributed by atoms with Crippen LogP contribution in [-0.4, -0.2) is 30.0 Å². The summed E-state index contributed by atoms with van der Waals surface area (Å²) in [6, 6.07) is 6.35. The van der Waals surface area contributed by atoms with E-state index in [0.29, 0.717) is 11.3 Å². The Morgan fingerprint density at radius 2 is 1.96 bits per heavy atom. The predicted octanol–water partition coefficient (Wildman–Crippen LogP) is 3.08. The molecule has 0 atom stereocenters. The zero-order valence-electron chi connectivity index (χ0n) is 13.4. The number of benzene rings is 1. The molecular weight excluding hydrogens is 357 g/mol. The monoisotopic (exact) mass is 370 g/mol. The first-order valence-corrected chi connectivity index (χ1v) is 7.15. The molecule has 0 bridgehead atoms. The number of carbonyl (C=O) groups excluding carboxylic acids is 2. The Hall–Kier alpha value is -3.30. The number of nitrogens with zero attached hydrogens (tertiary/aromatic N) is 1. The molecule has 0 aliphatic carbocycles. The summed E-state index contributed by atoms with van der Waals surface area (Å²) >= 11 is 0. The Morgan fingerprint density at radius 3 is 2.54 bits per heavy atom. The molecule has 0 radical (unpaired) electrons. The Balaban J connectivity index is 1.78. The van der Waals surface area contributed by atoms with Gasteiger partial charge in [-0.2, -0.15) is 0 Å². The van der Waals surface area contributed by atoms with E-state index in [0.717, 1.165) is 18.2 Å². The third-order valence-corrected chi connectivity index (χ3v) is 2.77. The van der Waals surface area contributed by atoms with Crippen LogP contribution in [0.4, 0.5) is 19.0 Å². The average Bonchev–Trinajstić information content (AvgIpc) is 2.95. The highest BCUT2D eigenvalue weighted by atomic mass is 19.4. The number of aromatic nitrogens is 1. The van der Waals surface area contributed by atoms with Gasteiger partial charge in [0.1, 0.15) is 11.5 Å². The highest BCUT2D eigenvalue weighted by Gasteiger charge is 2.30. The van der Waals surface area contributed by atoms with E-state index in [1.54, 1.807) is 6.92 Å². The highest BCUT2D eigenvalue weighted by Crippen LogP contribution is 2.22. The first-order chi connectivity index (χ1) is 12.2. The Morgan fingerprint density at radius 1 is 1.27 bits per heavy atom. The molecule has 0 aliphatic rings. The van der Waals surface area contributed by atoms with Crippen LogP contribution in [0.5, 0.6) is 5.75 Å². The number of ether oxygens (including phenoxy) is 2. The van der Waals surface area contributed by atoms with Crippen molar-refractivity contribution >= 4 is 23.8 Å². The first kappa shape index (κ1) is 19.0. The number of halogens is 3. The number of nitrogens with one attached hydrogen (secondary N) is 1. The van der Waals surface area contributed by atoms with Gasteiger partial charge in [0, 0.05) is 12.1 Å². The average molecular weight is 370 g/mol. The summed E-state index contributed by atoms with van der Waals surface area (Å²) < 4.78 is 49.3. The van der Waals surface area contributed by atoms with E-state index in [2.05, 4.69) is 15.2 Å². The highest BCUT2D eigenvalue weighted by molar-refractivity contribution is 5.94. The van der Waals surface area contributed by atoms with Crippen molar-refractivity contribution in [2.45, 2.75) is 13.3 Å². The molecule has 1 heterocycles. The molecule has 2 aromatic rings. The molecule has 0 saturated heterocycles. The van der Waals surface area contributed by atoms with E-state index < -0.39 is 24.8 Å². The molecule has 1 aromatic heterocycles. The van der Waals surface area contributed by atoms with Crippen molar-refractivity contribution in [2.24, 2.45) is 0 Å². The summed E-state index contributed by atoms with van der Waals surface area (Å²) in [6.07, 6.45) is -2.42. The van der Waals surface area contributed by atoms with Crippen molar-refractivity contribution in [1.82, 2.24) is 5.16 Å². The van der Waals surface area contributed by atoms with Crippen LogP contribution in [0.15, 0.2) is 40.9 Å². The molecule has 0 saturated carbocycles. The topological polar surface area (TPSA) is 90.7 Å². The molecule has 0 spiro atoms.